The molecule has 2 aromatic rings. The molecule has 2 aromatic carbocycles. The van der Waals surface area contributed by atoms with Crippen LogP contribution in [0.5, 0.6) is 0 Å². The van der Waals surface area contributed by atoms with E-state index in [2.05, 4.69) is 10.6 Å². The van der Waals surface area contributed by atoms with Crippen molar-refractivity contribution in [2.45, 2.75) is 38.1 Å². The first-order chi connectivity index (χ1) is 14.5. The number of para-hydroxylation sites is 1. The van der Waals surface area contributed by atoms with E-state index in [1.54, 1.807) is 24.1 Å². The van der Waals surface area contributed by atoms with Gasteiger partial charge in [0, 0.05) is 19.2 Å². The van der Waals surface area contributed by atoms with Gasteiger partial charge in [-0.15, -0.1) is 0 Å². The quantitative estimate of drug-likeness (QED) is 0.558. The van der Waals surface area contributed by atoms with Crippen LogP contribution in [0.4, 0.5) is 5.69 Å². The lowest BCUT2D eigenvalue weighted by atomic mass is 9.95. The van der Waals surface area contributed by atoms with Crippen LogP contribution in [0, 0.1) is 0 Å². The van der Waals surface area contributed by atoms with E-state index in [9.17, 15) is 9.59 Å². The number of hydrogen-bond donors (Lipinski definition) is 2. The summed E-state index contributed by atoms with van der Waals surface area (Å²) >= 11 is 5.40. The van der Waals surface area contributed by atoms with E-state index in [1.807, 2.05) is 48.5 Å². The van der Waals surface area contributed by atoms with Gasteiger partial charge in [0.1, 0.15) is 0 Å². The first-order valence-electron chi connectivity index (χ1n) is 10.3. The Hall–Kier alpha value is -2.99. The number of anilines is 1. The van der Waals surface area contributed by atoms with Crippen LogP contribution in [0.1, 0.15) is 48.0 Å². The monoisotopic (exact) mass is 421 g/mol. The van der Waals surface area contributed by atoms with E-state index in [0.29, 0.717) is 11.3 Å². The molecular formula is C24H27N3O2S. The maximum absolute atomic E-state index is 12.9. The van der Waals surface area contributed by atoms with Gasteiger partial charge in [-0.25, -0.2) is 0 Å². The summed E-state index contributed by atoms with van der Waals surface area (Å²) < 4.78 is 0. The standard InChI is InChI=1S/C24H27N3O2S/c1-27(24(30)26-22(28)17-16-18-10-4-2-5-11-18)21-15-9-8-14-20(21)23(29)25-19-12-6-3-7-13-19/h2,4-5,8-11,14-17,19H,3,6-7,12-13H2,1H3,(H,25,29)(H,26,28,30). The smallest absolute Gasteiger partial charge is 0.253 e. The zero-order valence-corrected chi connectivity index (χ0v) is 18.0. The highest BCUT2D eigenvalue weighted by Gasteiger charge is 2.21. The molecule has 0 atom stereocenters. The Morgan fingerprint density at radius 1 is 1.00 bits per heavy atom. The van der Waals surface area contributed by atoms with E-state index in [0.717, 1.165) is 31.2 Å². The second-order valence-electron chi connectivity index (χ2n) is 7.42. The molecular weight excluding hydrogens is 394 g/mol. The molecule has 30 heavy (non-hydrogen) atoms. The lowest BCUT2D eigenvalue weighted by molar-refractivity contribution is -0.115. The van der Waals surface area contributed by atoms with Gasteiger partial charge in [-0.3, -0.25) is 14.9 Å². The molecule has 0 heterocycles. The molecule has 0 saturated heterocycles. The Bertz CT molecular complexity index is 921. The predicted octanol–water partition coefficient (Wildman–Crippen LogP) is 4.30. The Morgan fingerprint density at radius 3 is 2.40 bits per heavy atom. The maximum Gasteiger partial charge on any atom is 0.253 e. The van der Waals surface area contributed by atoms with Crippen molar-refractivity contribution < 1.29 is 9.59 Å². The minimum absolute atomic E-state index is 0.109. The summed E-state index contributed by atoms with van der Waals surface area (Å²) in [6.07, 6.45) is 8.75. The summed E-state index contributed by atoms with van der Waals surface area (Å²) in [5.41, 5.74) is 2.13. The van der Waals surface area contributed by atoms with Crippen molar-refractivity contribution in [3.05, 3.63) is 71.8 Å². The number of benzene rings is 2. The van der Waals surface area contributed by atoms with Crippen LogP contribution in [-0.2, 0) is 4.79 Å². The predicted molar refractivity (Wildman–Crippen MR) is 125 cm³/mol. The number of carbonyl (C=O) groups is 2. The normalized spacial score (nSPS) is 14.3. The van der Waals surface area contributed by atoms with E-state index in [4.69, 9.17) is 12.2 Å². The second kappa shape index (κ2) is 10.7. The number of hydrogen-bond acceptors (Lipinski definition) is 3. The lowest BCUT2D eigenvalue weighted by Crippen LogP contribution is -2.41. The average molecular weight is 422 g/mol. The number of carbonyl (C=O) groups excluding carboxylic acids is 2. The van der Waals surface area contributed by atoms with Crippen molar-refractivity contribution >= 4 is 40.9 Å². The van der Waals surface area contributed by atoms with Gasteiger partial charge in [0.25, 0.3) is 5.91 Å². The number of thiocarbonyl (C=S) groups is 1. The van der Waals surface area contributed by atoms with E-state index >= 15 is 0 Å². The molecule has 156 valence electrons. The van der Waals surface area contributed by atoms with Crippen LogP contribution < -0.4 is 15.5 Å². The summed E-state index contributed by atoms with van der Waals surface area (Å²) in [4.78, 5) is 26.8. The van der Waals surface area contributed by atoms with Crippen molar-refractivity contribution in [1.29, 1.82) is 0 Å². The number of rotatable bonds is 5. The maximum atomic E-state index is 12.9. The third-order valence-electron chi connectivity index (χ3n) is 5.21. The summed E-state index contributed by atoms with van der Waals surface area (Å²) in [6, 6.07) is 17.1. The largest absolute Gasteiger partial charge is 0.349 e. The molecule has 2 N–H and O–H groups in total. The van der Waals surface area contributed by atoms with Gasteiger partial charge in [0.2, 0.25) is 5.91 Å². The van der Waals surface area contributed by atoms with Crippen LogP contribution >= 0.6 is 12.2 Å². The molecule has 0 unspecified atom stereocenters. The van der Waals surface area contributed by atoms with E-state index < -0.39 is 0 Å². The molecule has 0 radical (unpaired) electrons. The average Bonchev–Trinajstić information content (AvgIpc) is 2.78. The fraction of sp³-hybridized carbons (Fsp3) is 0.292. The van der Waals surface area contributed by atoms with Crippen LogP contribution in [0.25, 0.3) is 6.08 Å². The van der Waals surface area contributed by atoms with Crippen LogP contribution in [0.2, 0.25) is 0 Å². The lowest BCUT2D eigenvalue weighted by Gasteiger charge is -2.25. The molecule has 0 aromatic heterocycles. The molecule has 0 bridgehead atoms. The highest BCUT2D eigenvalue weighted by molar-refractivity contribution is 7.80. The molecule has 6 heteroatoms. The molecule has 0 spiro atoms. The Kier molecular flexibility index (Phi) is 7.74. The molecule has 3 rings (SSSR count). The molecule has 1 aliphatic rings. The first kappa shape index (κ1) is 21.7. The van der Waals surface area contributed by atoms with Gasteiger partial charge in [-0.2, -0.15) is 0 Å². The van der Waals surface area contributed by atoms with Gasteiger partial charge in [-0.05, 0) is 48.8 Å². The van der Waals surface area contributed by atoms with Gasteiger partial charge >= 0.3 is 0 Å². The zero-order valence-electron chi connectivity index (χ0n) is 17.1. The Morgan fingerprint density at radius 2 is 1.67 bits per heavy atom. The SMILES string of the molecule is CN(C(=S)NC(=O)C=Cc1ccccc1)c1ccccc1C(=O)NC1CCCCC1. The van der Waals surface area contributed by atoms with Gasteiger partial charge in [0.05, 0.1) is 11.3 Å². The number of nitrogens with zero attached hydrogens (tertiary/aromatic N) is 1. The first-order valence-corrected chi connectivity index (χ1v) is 10.7. The van der Waals surface area contributed by atoms with Gasteiger partial charge < -0.3 is 10.2 Å². The molecule has 1 saturated carbocycles. The fourth-order valence-corrected chi connectivity index (χ4v) is 3.74. The van der Waals surface area contributed by atoms with Crippen molar-refractivity contribution in [1.82, 2.24) is 10.6 Å². The van der Waals surface area contributed by atoms with Crippen molar-refractivity contribution in [2.24, 2.45) is 0 Å². The Labute approximate surface area is 183 Å². The minimum Gasteiger partial charge on any atom is -0.349 e. The number of amides is 2. The van der Waals surface area contributed by atoms with Crippen LogP contribution in [0.15, 0.2) is 60.7 Å². The minimum atomic E-state index is -0.320. The molecule has 5 nitrogen and oxygen atoms in total. The van der Waals surface area contributed by atoms with Crippen molar-refractivity contribution in [3.63, 3.8) is 0 Å². The summed E-state index contributed by atoms with van der Waals surface area (Å²) in [5, 5.41) is 6.07. The van der Waals surface area contributed by atoms with Gasteiger partial charge in [0.15, 0.2) is 5.11 Å². The molecule has 0 aliphatic heterocycles. The van der Waals surface area contributed by atoms with Crippen LogP contribution in [0.3, 0.4) is 0 Å². The van der Waals surface area contributed by atoms with Gasteiger partial charge in [-0.1, -0.05) is 61.7 Å². The fourth-order valence-electron chi connectivity index (χ4n) is 3.54. The van der Waals surface area contributed by atoms with Crippen molar-refractivity contribution in [3.8, 4) is 0 Å². The van der Waals surface area contributed by atoms with Crippen LogP contribution in [-0.4, -0.2) is 30.0 Å². The van der Waals surface area contributed by atoms with Crippen molar-refractivity contribution in [2.75, 3.05) is 11.9 Å². The molecule has 1 aliphatic carbocycles. The highest BCUT2D eigenvalue weighted by atomic mass is 32.1. The van der Waals surface area contributed by atoms with E-state index in [1.165, 1.54) is 12.5 Å². The topological polar surface area (TPSA) is 61.4 Å². The summed E-state index contributed by atoms with van der Waals surface area (Å²) in [6.45, 7) is 0. The Balaban J connectivity index is 1.64. The summed E-state index contributed by atoms with van der Waals surface area (Å²) in [5.74, 6) is -0.428. The number of nitrogens with one attached hydrogen (secondary N) is 2. The molecule has 1 fully saturated rings. The summed E-state index contributed by atoms with van der Waals surface area (Å²) in [7, 11) is 1.75. The molecule has 2 amide bonds. The van der Waals surface area contributed by atoms with E-state index in [-0.39, 0.29) is 23.0 Å². The second-order valence-corrected chi connectivity index (χ2v) is 7.81. The highest BCUT2D eigenvalue weighted by Crippen LogP contribution is 2.22. The zero-order chi connectivity index (χ0) is 21.3. The third-order valence-corrected chi connectivity index (χ3v) is 5.59. The third kappa shape index (κ3) is 6.00.